The molecular weight excluding hydrogens is 971 g/mol. The summed E-state index contributed by atoms with van der Waals surface area (Å²) < 4.78 is 0. The number of hydrogen-bond donors (Lipinski definition) is 0. The van der Waals surface area contributed by atoms with Gasteiger partial charge in [-0.25, -0.2) is 29.9 Å². The maximum atomic E-state index is 5.50. The average Bonchev–Trinajstić information content (AvgIpc) is 3.44. The molecule has 13 aromatic rings. The van der Waals surface area contributed by atoms with Crippen molar-refractivity contribution in [3.63, 3.8) is 0 Å². The standard InChI is InChI=1S/C60H36N6.2CH2Cl2/c1-7-19-37(20-8-1)43-31-49-50(32-44(43)38-21-9-2-10-22-38)62-56-55(61-49)57-59(65-52-34-46(40-25-13-4-14-26-40)45(33-51(52)63-57)39-23-11-3-12-24-39)60-58(56)64-53-35-47(41-27-15-5-16-28-41)48(36-54(53)66-60)42-29-17-6-18-30-42;2*2-1-3/h1-36H;2*1H2. The van der Waals surface area contributed by atoms with E-state index in [0.29, 0.717) is 33.1 Å². The largest absolute Gasteiger partial charge is 0.242 e. The third-order valence-electron chi connectivity index (χ3n) is 12.6. The SMILES string of the molecule is ClCCl.ClCCl.c1ccc(-c2cc3nc4c5nc6cc(-c7ccccc7)c(-c7ccccc7)cc6nc5c5nc6cc(-c7ccccc7)c(-c7ccccc7)cc6nc5c4nc3cc2-c2ccccc2)cc1. The van der Waals surface area contributed by atoms with Crippen LogP contribution in [0, 0.1) is 0 Å². The minimum Gasteiger partial charge on any atom is -0.242 e. The van der Waals surface area contributed by atoms with Crippen molar-refractivity contribution in [2.45, 2.75) is 0 Å². The van der Waals surface area contributed by atoms with Crippen LogP contribution in [0.15, 0.2) is 218 Å². The summed E-state index contributed by atoms with van der Waals surface area (Å²) in [7, 11) is 0. The van der Waals surface area contributed by atoms with E-state index < -0.39 is 0 Å². The first-order valence-corrected chi connectivity index (χ1v) is 25.3. The summed E-state index contributed by atoms with van der Waals surface area (Å²) in [6.07, 6.45) is 0. The van der Waals surface area contributed by atoms with Gasteiger partial charge in [-0.3, -0.25) is 0 Å². The minimum absolute atomic E-state index is 0.194. The van der Waals surface area contributed by atoms with Gasteiger partial charge in [-0.15, -0.1) is 46.4 Å². The zero-order valence-corrected chi connectivity index (χ0v) is 41.4. The Bertz CT molecular complexity index is 3350. The second-order valence-corrected chi connectivity index (χ2v) is 18.4. The quantitative estimate of drug-likeness (QED) is 0.0938. The van der Waals surface area contributed by atoms with Crippen molar-refractivity contribution in [3.05, 3.63) is 218 Å². The molecule has 0 aliphatic rings. The Kier molecular flexibility index (Phi) is 13.5. The lowest BCUT2D eigenvalue weighted by atomic mass is 9.93. The fourth-order valence-electron chi connectivity index (χ4n) is 9.44. The molecule has 3 aromatic heterocycles. The summed E-state index contributed by atoms with van der Waals surface area (Å²) >= 11 is 19.1. The van der Waals surface area contributed by atoms with E-state index in [9.17, 15) is 0 Å². The highest BCUT2D eigenvalue weighted by Crippen LogP contribution is 2.41. The first-order valence-electron chi connectivity index (χ1n) is 23.2. The van der Waals surface area contributed by atoms with Gasteiger partial charge in [0.1, 0.15) is 33.1 Å². The van der Waals surface area contributed by atoms with Crippen molar-refractivity contribution in [3.8, 4) is 66.8 Å². The molecule has 0 saturated heterocycles. The zero-order valence-electron chi connectivity index (χ0n) is 38.4. The number of halogens is 4. The van der Waals surface area contributed by atoms with Gasteiger partial charge in [0, 0.05) is 0 Å². The molecule has 72 heavy (non-hydrogen) atoms. The Morgan fingerprint density at radius 2 is 0.333 bits per heavy atom. The molecule has 0 amide bonds. The molecule has 0 aliphatic heterocycles. The van der Waals surface area contributed by atoms with Gasteiger partial charge in [-0.1, -0.05) is 182 Å². The van der Waals surface area contributed by atoms with Crippen molar-refractivity contribution in [1.29, 1.82) is 0 Å². The topological polar surface area (TPSA) is 77.3 Å². The van der Waals surface area contributed by atoms with Gasteiger partial charge >= 0.3 is 0 Å². The van der Waals surface area contributed by atoms with Crippen LogP contribution >= 0.6 is 46.4 Å². The highest BCUT2D eigenvalue weighted by Gasteiger charge is 2.22. The molecule has 10 aromatic carbocycles. The summed E-state index contributed by atoms with van der Waals surface area (Å²) in [5.74, 6) is 0. The van der Waals surface area contributed by atoms with Gasteiger partial charge in [-0.2, -0.15) is 0 Å². The number of rotatable bonds is 6. The molecule has 0 aliphatic carbocycles. The van der Waals surface area contributed by atoms with E-state index in [0.717, 1.165) is 99.9 Å². The fraction of sp³-hybridized carbons (Fsp3) is 0.0323. The molecule has 13 rings (SSSR count). The molecule has 10 heteroatoms. The van der Waals surface area contributed by atoms with E-state index in [1.54, 1.807) is 0 Å². The molecule has 0 bridgehead atoms. The molecule has 3 heterocycles. The summed E-state index contributed by atoms with van der Waals surface area (Å²) in [4.78, 5) is 33.0. The van der Waals surface area contributed by atoms with Gasteiger partial charge in [-0.05, 0) is 103 Å². The van der Waals surface area contributed by atoms with E-state index in [-0.39, 0.29) is 10.7 Å². The predicted molar refractivity (Wildman–Crippen MR) is 304 cm³/mol. The van der Waals surface area contributed by atoms with Crippen LogP contribution < -0.4 is 0 Å². The lowest BCUT2D eigenvalue weighted by Gasteiger charge is -2.16. The van der Waals surface area contributed by atoms with E-state index in [1.807, 2.05) is 36.4 Å². The number of fused-ring (bicyclic) bond motifs is 9. The normalized spacial score (nSPS) is 11.2. The smallest absolute Gasteiger partial charge is 0.120 e. The highest BCUT2D eigenvalue weighted by molar-refractivity contribution is 6.41. The summed E-state index contributed by atoms with van der Waals surface area (Å²) in [5.41, 5.74) is 21.2. The van der Waals surface area contributed by atoms with E-state index in [4.69, 9.17) is 76.3 Å². The monoisotopic (exact) mass is 1010 g/mol. The van der Waals surface area contributed by atoms with Gasteiger partial charge in [0.05, 0.1) is 43.8 Å². The average molecular weight is 1010 g/mol. The Morgan fingerprint density at radius 1 is 0.208 bits per heavy atom. The first-order chi connectivity index (χ1) is 35.5. The third-order valence-corrected chi connectivity index (χ3v) is 12.6. The van der Waals surface area contributed by atoms with Crippen LogP contribution in [0.25, 0.3) is 133 Å². The number of nitrogens with zero attached hydrogens (tertiary/aromatic N) is 6. The molecule has 0 radical (unpaired) electrons. The van der Waals surface area contributed by atoms with Crippen LogP contribution in [-0.4, -0.2) is 40.6 Å². The fourth-order valence-corrected chi connectivity index (χ4v) is 9.44. The van der Waals surface area contributed by atoms with Crippen molar-refractivity contribution in [2.24, 2.45) is 0 Å². The maximum Gasteiger partial charge on any atom is 0.120 e. The molecule has 0 fully saturated rings. The van der Waals surface area contributed by atoms with E-state index in [1.165, 1.54) is 0 Å². The van der Waals surface area contributed by atoms with Crippen molar-refractivity contribution >= 4 is 113 Å². The summed E-state index contributed by atoms with van der Waals surface area (Å²) in [6.45, 7) is 0. The summed E-state index contributed by atoms with van der Waals surface area (Å²) in [6, 6.07) is 75.8. The van der Waals surface area contributed by atoms with Gasteiger partial charge < -0.3 is 0 Å². The number of hydrogen-bond acceptors (Lipinski definition) is 6. The van der Waals surface area contributed by atoms with Crippen molar-refractivity contribution in [2.75, 3.05) is 10.7 Å². The Morgan fingerprint density at radius 3 is 0.458 bits per heavy atom. The number of alkyl halides is 4. The number of aromatic nitrogens is 6. The van der Waals surface area contributed by atoms with Gasteiger partial charge in [0.15, 0.2) is 0 Å². The molecule has 0 atom stereocenters. The first kappa shape index (κ1) is 46.5. The molecule has 0 spiro atoms. The lowest BCUT2D eigenvalue weighted by Crippen LogP contribution is -2.00. The van der Waals surface area contributed by atoms with Crippen LogP contribution in [0.1, 0.15) is 0 Å². The van der Waals surface area contributed by atoms with Crippen LogP contribution in [0.2, 0.25) is 0 Å². The van der Waals surface area contributed by atoms with Gasteiger partial charge in [0.2, 0.25) is 0 Å². The predicted octanol–water partition coefficient (Wildman–Crippen LogP) is 17.8. The van der Waals surface area contributed by atoms with Crippen molar-refractivity contribution in [1.82, 2.24) is 29.9 Å². The van der Waals surface area contributed by atoms with Crippen LogP contribution in [0.4, 0.5) is 0 Å². The van der Waals surface area contributed by atoms with Crippen molar-refractivity contribution < 1.29 is 0 Å². The molecule has 0 N–H and O–H groups in total. The molecule has 346 valence electrons. The zero-order chi connectivity index (χ0) is 49.0. The lowest BCUT2D eigenvalue weighted by molar-refractivity contribution is 1.34. The van der Waals surface area contributed by atoms with E-state index >= 15 is 0 Å². The maximum absolute atomic E-state index is 5.50. The molecule has 0 saturated carbocycles. The molecule has 0 unspecified atom stereocenters. The van der Waals surface area contributed by atoms with Crippen LogP contribution in [0.5, 0.6) is 0 Å². The Labute approximate surface area is 435 Å². The Hall–Kier alpha value is -7.84. The Balaban J connectivity index is 0.000000892. The summed E-state index contributed by atoms with van der Waals surface area (Å²) in [5, 5.41) is 0.389. The second-order valence-electron chi connectivity index (χ2n) is 16.8. The van der Waals surface area contributed by atoms with E-state index in [2.05, 4.69) is 182 Å². The van der Waals surface area contributed by atoms with Crippen LogP contribution in [0.3, 0.4) is 0 Å². The number of benzene rings is 10. The second kappa shape index (κ2) is 20.9. The molecular formula is C62H40Cl4N6. The van der Waals surface area contributed by atoms with Gasteiger partial charge in [0.25, 0.3) is 0 Å². The highest BCUT2D eigenvalue weighted by atomic mass is 35.5. The van der Waals surface area contributed by atoms with Crippen LogP contribution in [-0.2, 0) is 0 Å². The minimum atomic E-state index is 0.194. The third kappa shape index (κ3) is 9.06. The molecule has 6 nitrogen and oxygen atoms in total.